The molecular formula is C20H25NO4. The highest BCUT2D eigenvalue weighted by atomic mass is 16.6. The normalized spacial score (nSPS) is 22.4. The number of carbonyl (C=O) groups excluding carboxylic acids is 2. The topological polar surface area (TPSA) is 55.8 Å². The van der Waals surface area contributed by atoms with E-state index in [2.05, 4.69) is 6.08 Å². The number of rotatable bonds is 2. The molecule has 1 amide bonds. The van der Waals surface area contributed by atoms with Crippen molar-refractivity contribution in [3.05, 3.63) is 41.5 Å². The van der Waals surface area contributed by atoms with Crippen LogP contribution in [-0.2, 0) is 9.47 Å². The highest BCUT2D eigenvalue weighted by Crippen LogP contribution is 2.40. The molecule has 2 heterocycles. The van der Waals surface area contributed by atoms with Gasteiger partial charge in [-0.25, -0.2) is 9.59 Å². The van der Waals surface area contributed by atoms with Crippen molar-refractivity contribution in [2.75, 3.05) is 7.11 Å². The molecule has 3 rings (SSSR count). The van der Waals surface area contributed by atoms with Gasteiger partial charge in [-0.3, -0.25) is 4.90 Å². The number of methoxy groups -OCH3 is 1. The molecule has 5 heteroatoms. The molecule has 2 aliphatic rings. The Labute approximate surface area is 148 Å². The minimum atomic E-state index is -0.502. The molecule has 0 radical (unpaired) electrons. The van der Waals surface area contributed by atoms with Gasteiger partial charge in [0.25, 0.3) is 0 Å². The van der Waals surface area contributed by atoms with E-state index >= 15 is 0 Å². The summed E-state index contributed by atoms with van der Waals surface area (Å²) in [6.45, 7) is 5.64. The van der Waals surface area contributed by atoms with Crippen molar-refractivity contribution in [1.82, 2.24) is 4.90 Å². The fourth-order valence-corrected chi connectivity index (χ4v) is 3.68. The largest absolute Gasteiger partial charge is 0.465 e. The van der Waals surface area contributed by atoms with E-state index in [1.807, 2.05) is 43.9 Å². The summed E-state index contributed by atoms with van der Waals surface area (Å²) in [5.41, 5.74) is 2.07. The SMILES string of the molecule is COC(=O)c1ccccc1C1=C[C@H]2CC[C@@H](C1)N2C(=O)OC(C)(C)C. The number of esters is 1. The third kappa shape index (κ3) is 3.55. The van der Waals surface area contributed by atoms with Crippen molar-refractivity contribution in [3.8, 4) is 0 Å². The van der Waals surface area contributed by atoms with Crippen molar-refractivity contribution < 1.29 is 19.1 Å². The molecule has 25 heavy (non-hydrogen) atoms. The molecule has 0 spiro atoms. The van der Waals surface area contributed by atoms with Crippen LogP contribution < -0.4 is 0 Å². The molecule has 0 unspecified atom stereocenters. The average Bonchev–Trinajstić information content (AvgIpc) is 2.83. The molecule has 1 fully saturated rings. The molecular weight excluding hydrogens is 318 g/mol. The Kier molecular flexibility index (Phi) is 4.58. The maximum absolute atomic E-state index is 12.5. The summed E-state index contributed by atoms with van der Waals surface area (Å²) in [6, 6.07) is 7.62. The van der Waals surface area contributed by atoms with E-state index < -0.39 is 5.60 Å². The number of fused-ring (bicyclic) bond motifs is 2. The van der Waals surface area contributed by atoms with Crippen LogP contribution in [0, 0.1) is 0 Å². The lowest BCUT2D eigenvalue weighted by Gasteiger charge is -2.35. The smallest absolute Gasteiger partial charge is 0.411 e. The summed E-state index contributed by atoms with van der Waals surface area (Å²) in [7, 11) is 1.39. The number of hydrogen-bond acceptors (Lipinski definition) is 4. The number of nitrogens with zero attached hydrogens (tertiary/aromatic N) is 1. The molecule has 1 saturated heterocycles. The first-order chi connectivity index (χ1) is 11.8. The van der Waals surface area contributed by atoms with Gasteiger partial charge in [0.1, 0.15) is 5.60 Å². The molecule has 0 aliphatic carbocycles. The van der Waals surface area contributed by atoms with Crippen LogP contribution in [0.2, 0.25) is 0 Å². The lowest BCUT2D eigenvalue weighted by Crippen LogP contribution is -2.45. The van der Waals surface area contributed by atoms with Crippen molar-refractivity contribution in [2.24, 2.45) is 0 Å². The highest BCUT2D eigenvalue weighted by Gasteiger charge is 2.42. The van der Waals surface area contributed by atoms with Crippen LogP contribution in [0.25, 0.3) is 5.57 Å². The van der Waals surface area contributed by atoms with E-state index in [4.69, 9.17) is 9.47 Å². The summed E-state index contributed by atoms with van der Waals surface area (Å²) < 4.78 is 10.5. The van der Waals surface area contributed by atoms with Gasteiger partial charge >= 0.3 is 12.1 Å². The molecule has 0 N–H and O–H groups in total. The first-order valence-corrected chi connectivity index (χ1v) is 8.70. The number of hydrogen-bond donors (Lipinski definition) is 0. The van der Waals surface area contributed by atoms with Gasteiger partial charge in [-0.2, -0.15) is 0 Å². The predicted molar refractivity (Wildman–Crippen MR) is 95.3 cm³/mol. The zero-order valence-electron chi connectivity index (χ0n) is 15.2. The van der Waals surface area contributed by atoms with Crippen molar-refractivity contribution >= 4 is 17.6 Å². The van der Waals surface area contributed by atoms with E-state index in [-0.39, 0.29) is 24.1 Å². The van der Waals surface area contributed by atoms with Crippen molar-refractivity contribution in [3.63, 3.8) is 0 Å². The standard InChI is InChI=1S/C20H25NO4/c1-20(2,3)25-19(23)21-14-9-10-15(21)12-13(11-14)16-7-5-6-8-17(16)18(22)24-4/h5-8,11,14-15H,9-10,12H2,1-4H3/t14-,15+/m1/s1. The van der Waals surface area contributed by atoms with Gasteiger partial charge in [-0.05, 0) is 57.2 Å². The minimum Gasteiger partial charge on any atom is -0.465 e. The Balaban J connectivity index is 1.88. The summed E-state index contributed by atoms with van der Waals surface area (Å²) >= 11 is 0. The summed E-state index contributed by atoms with van der Waals surface area (Å²) in [6.07, 6.45) is 4.45. The van der Waals surface area contributed by atoms with Gasteiger partial charge in [0, 0.05) is 6.04 Å². The van der Waals surface area contributed by atoms with Crippen molar-refractivity contribution in [2.45, 2.75) is 57.7 Å². The minimum absolute atomic E-state index is 0.0225. The van der Waals surface area contributed by atoms with Gasteiger partial charge < -0.3 is 9.47 Å². The zero-order valence-corrected chi connectivity index (χ0v) is 15.2. The van der Waals surface area contributed by atoms with Gasteiger partial charge in [-0.15, -0.1) is 0 Å². The maximum Gasteiger partial charge on any atom is 0.411 e. The molecule has 2 aliphatic heterocycles. The lowest BCUT2D eigenvalue weighted by molar-refractivity contribution is 0.0174. The van der Waals surface area contributed by atoms with E-state index in [1.54, 1.807) is 6.07 Å². The number of carbonyl (C=O) groups is 2. The Morgan fingerprint density at radius 2 is 1.88 bits per heavy atom. The van der Waals surface area contributed by atoms with Gasteiger partial charge in [-0.1, -0.05) is 24.3 Å². The Hall–Kier alpha value is -2.30. The van der Waals surface area contributed by atoms with Crippen LogP contribution in [0.4, 0.5) is 4.79 Å². The number of benzene rings is 1. The van der Waals surface area contributed by atoms with E-state index in [0.717, 1.165) is 30.4 Å². The average molecular weight is 343 g/mol. The number of ether oxygens (including phenoxy) is 2. The van der Waals surface area contributed by atoms with E-state index in [9.17, 15) is 9.59 Å². The second-order valence-electron chi connectivity index (χ2n) is 7.62. The quantitative estimate of drug-likeness (QED) is 0.761. The monoisotopic (exact) mass is 343 g/mol. The Morgan fingerprint density at radius 1 is 1.16 bits per heavy atom. The second kappa shape index (κ2) is 6.54. The van der Waals surface area contributed by atoms with Crippen LogP contribution in [0.3, 0.4) is 0 Å². The van der Waals surface area contributed by atoms with Crippen LogP contribution in [0.15, 0.2) is 30.3 Å². The number of amides is 1. The molecule has 0 saturated carbocycles. The summed E-state index contributed by atoms with van der Waals surface area (Å²) in [5.74, 6) is -0.335. The van der Waals surface area contributed by atoms with Crippen LogP contribution >= 0.6 is 0 Å². The summed E-state index contributed by atoms with van der Waals surface area (Å²) in [4.78, 5) is 26.4. The molecule has 1 aromatic carbocycles. The first kappa shape index (κ1) is 17.5. The molecule has 2 bridgehead atoms. The summed E-state index contributed by atoms with van der Waals surface area (Å²) in [5, 5.41) is 0. The van der Waals surface area contributed by atoms with Gasteiger partial charge in [0.15, 0.2) is 0 Å². The molecule has 0 aromatic heterocycles. The molecule has 1 aromatic rings. The Morgan fingerprint density at radius 3 is 2.52 bits per heavy atom. The van der Waals surface area contributed by atoms with Crippen molar-refractivity contribution in [1.29, 1.82) is 0 Å². The molecule has 5 nitrogen and oxygen atoms in total. The fraction of sp³-hybridized carbons (Fsp3) is 0.500. The van der Waals surface area contributed by atoms with Crippen LogP contribution in [0.1, 0.15) is 56.0 Å². The predicted octanol–water partition coefficient (Wildman–Crippen LogP) is 4.03. The van der Waals surface area contributed by atoms with Gasteiger partial charge in [0.2, 0.25) is 0 Å². The highest BCUT2D eigenvalue weighted by molar-refractivity contribution is 5.95. The van der Waals surface area contributed by atoms with E-state index in [1.165, 1.54) is 7.11 Å². The van der Waals surface area contributed by atoms with Gasteiger partial charge in [0.05, 0.1) is 18.7 Å². The maximum atomic E-state index is 12.5. The van der Waals surface area contributed by atoms with Crippen LogP contribution in [-0.4, -0.2) is 41.8 Å². The lowest BCUT2D eigenvalue weighted by atomic mass is 9.91. The van der Waals surface area contributed by atoms with Crippen LogP contribution in [0.5, 0.6) is 0 Å². The third-order valence-corrected chi connectivity index (χ3v) is 4.68. The Bertz CT molecular complexity index is 717. The second-order valence-corrected chi connectivity index (χ2v) is 7.62. The molecule has 134 valence electrons. The fourth-order valence-electron chi connectivity index (χ4n) is 3.68. The third-order valence-electron chi connectivity index (χ3n) is 4.68. The first-order valence-electron chi connectivity index (χ1n) is 8.70. The molecule has 2 atom stereocenters. The van der Waals surface area contributed by atoms with E-state index in [0.29, 0.717) is 5.56 Å². The zero-order chi connectivity index (χ0) is 18.2.